The van der Waals surface area contributed by atoms with E-state index in [9.17, 15) is 13.2 Å². The van der Waals surface area contributed by atoms with Crippen LogP contribution in [0.4, 0.5) is 13.2 Å². The van der Waals surface area contributed by atoms with E-state index in [1.54, 1.807) is 0 Å². The van der Waals surface area contributed by atoms with Gasteiger partial charge < -0.3 is 15.0 Å². The quantitative estimate of drug-likeness (QED) is 0.379. The first-order valence-electron chi connectivity index (χ1n) is 12.4. The lowest BCUT2D eigenvalue weighted by molar-refractivity contribution is -0.137. The Labute approximate surface area is 204 Å². The van der Waals surface area contributed by atoms with Crippen molar-refractivity contribution >= 4 is 0 Å². The van der Waals surface area contributed by atoms with Crippen molar-refractivity contribution in [2.75, 3.05) is 26.2 Å². The molecule has 1 aliphatic carbocycles. The third-order valence-electron chi connectivity index (χ3n) is 7.02. The van der Waals surface area contributed by atoms with Crippen LogP contribution >= 0.6 is 0 Å². The predicted octanol–water partition coefficient (Wildman–Crippen LogP) is 6.49. The minimum Gasteiger partial charge on any atom is -0.488 e. The molecule has 2 atom stereocenters. The van der Waals surface area contributed by atoms with Gasteiger partial charge in [-0.05, 0) is 73.3 Å². The van der Waals surface area contributed by atoms with Gasteiger partial charge in [-0.1, -0.05) is 48.5 Å². The van der Waals surface area contributed by atoms with Crippen LogP contribution in [-0.4, -0.2) is 37.1 Å². The van der Waals surface area contributed by atoms with Gasteiger partial charge in [0, 0.05) is 30.6 Å². The molecule has 1 N–H and O–H groups in total. The van der Waals surface area contributed by atoms with Crippen LogP contribution in [0.1, 0.15) is 41.9 Å². The Morgan fingerprint density at radius 1 is 0.914 bits per heavy atom. The molecule has 3 aromatic carbocycles. The summed E-state index contributed by atoms with van der Waals surface area (Å²) in [7, 11) is 0. The van der Waals surface area contributed by atoms with Gasteiger partial charge in [0.2, 0.25) is 0 Å². The number of hydrogen-bond donors (Lipinski definition) is 1. The summed E-state index contributed by atoms with van der Waals surface area (Å²) in [6.45, 7) is 4.89. The lowest BCUT2D eigenvalue weighted by atomic mass is 9.98. The molecular formula is C29H31F3N2O. The van der Waals surface area contributed by atoms with Crippen molar-refractivity contribution in [3.05, 3.63) is 89.5 Å². The van der Waals surface area contributed by atoms with Crippen LogP contribution in [0, 0.1) is 0 Å². The molecule has 0 spiro atoms. The summed E-state index contributed by atoms with van der Waals surface area (Å²) in [5.74, 6) is 1.10. The third-order valence-corrected chi connectivity index (χ3v) is 7.02. The second-order valence-corrected chi connectivity index (χ2v) is 9.56. The van der Waals surface area contributed by atoms with Gasteiger partial charge in [-0.3, -0.25) is 0 Å². The number of ether oxygens (including phenoxy) is 1. The molecule has 0 aromatic heterocycles. The zero-order valence-electron chi connectivity index (χ0n) is 19.7. The average molecular weight is 481 g/mol. The fourth-order valence-electron chi connectivity index (χ4n) is 4.91. The van der Waals surface area contributed by atoms with Gasteiger partial charge in [-0.25, -0.2) is 0 Å². The maximum absolute atomic E-state index is 13.1. The average Bonchev–Trinajstić information content (AvgIpc) is 3.45. The fraction of sp³-hybridized carbons (Fsp3) is 0.379. The molecule has 6 heteroatoms. The Balaban J connectivity index is 1.32. The van der Waals surface area contributed by atoms with Gasteiger partial charge in [0.1, 0.15) is 12.4 Å². The van der Waals surface area contributed by atoms with Crippen LogP contribution in [0.15, 0.2) is 72.8 Å². The van der Waals surface area contributed by atoms with Crippen LogP contribution in [0.3, 0.4) is 0 Å². The largest absolute Gasteiger partial charge is 0.488 e. The van der Waals surface area contributed by atoms with Crippen LogP contribution in [0.25, 0.3) is 11.1 Å². The highest BCUT2D eigenvalue weighted by molar-refractivity contribution is 5.72. The van der Waals surface area contributed by atoms with Gasteiger partial charge in [0.25, 0.3) is 0 Å². The summed E-state index contributed by atoms with van der Waals surface area (Å²) in [5.41, 5.74) is 3.15. The molecule has 2 fully saturated rings. The molecule has 0 bridgehead atoms. The van der Waals surface area contributed by atoms with E-state index < -0.39 is 11.7 Å². The minimum absolute atomic E-state index is 0.401. The highest BCUT2D eigenvalue weighted by atomic mass is 19.4. The zero-order valence-corrected chi connectivity index (χ0v) is 19.7. The van der Waals surface area contributed by atoms with E-state index in [0.29, 0.717) is 24.3 Å². The minimum atomic E-state index is -4.35. The van der Waals surface area contributed by atoms with Crippen molar-refractivity contribution in [1.29, 1.82) is 0 Å². The van der Waals surface area contributed by atoms with Gasteiger partial charge in [0.05, 0.1) is 5.56 Å². The third kappa shape index (κ3) is 6.06. The number of hydrogen-bond acceptors (Lipinski definition) is 3. The summed E-state index contributed by atoms with van der Waals surface area (Å²) < 4.78 is 45.4. The van der Waals surface area contributed by atoms with E-state index in [0.717, 1.165) is 48.3 Å². The van der Waals surface area contributed by atoms with E-state index in [2.05, 4.69) is 22.3 Å². The van der Waals surface area contributed by atoms with Gasteiger partial charge in [-0.2, -0.15) is 13.2 Å². The van der Waals surface area contributed by atoms with E-state index in [1.807, 2.05) is 36.4 Å². The predicted molar refractivity (Wildman–Crippen MR) is 132 cm³/mol. The van der Waals surface area contributed by atoms with Crippen molar-refractivity contribution in [2.45, 2.75) is 44.0 Å². The first-order chi connectivity index (χ1) is 17.0. The Morgan fingerprint density at radius 3 is 2.37 bits per heavy atom. The number of alkyl halides is 3. The lowest BCUT2D eigenvalue weighted by Crippen LogP contribution is -2.31. The van der Waals surface area contributed by atoms with Crippen LogP contribution < -0.4 is 10.1 Å². The van der Waals surface area contributed by atoms with Gasteiger partial charge in [0.15, 0.2) is 0 Å². The standard InChI is InChI=1S/C29H31F3N2O/c30-29(31,32)24-11-8-22(9-12-24)26-18-23(10-13-28(26)35-20-21-6-2-1-3-7-21)25-19-27(25)33-14-17-34-15-4-5-16-34/h1-3,6-13,18,25,27,33H,4-5,14-17,19-20H2/t25?,27-/m0/s1. The molecule has 5 rings (SSSR count). The molecule has 3 aromatic rings. The van der Waals surface area contributed by atoms with Crippen LogP contribution in [0.5, 0.6) is 5.75 Å². The molecule has 1 heterocycles. The molecule has 184 valence electrons. The monoisotopic (exact) mass is 480 g/mol. The molecule has 1 saturated heterocycles. The molecule has 1 unspecified atom stereocenters. The summed E-state index contributed by atoms with van der Waals surface area (Å²) in [5, 5.41) is 3.68. The highest BCUT2D eigenvalue weighted by Crippen LogP contribution is 2.44. The first-order valence-corrected chi connectivity index (χ1v) is 12.4. The Kier molecular flexibility index (Phi) is 7.12. The molecule has 0 amide bonds. The number of nitrogens with one attached hydrogen (secondary N) is 1. The van der Waals surface area contributed by atoms with Crippen molar-refractivity contribution in [3.63, 3.8) is 0 Å². The van der Waals surface area contributed by atoms with E-state index in [4.69, 9.17) is 4.74 Å². The second kappa shape index (κ2) is 10.4. The van der Waals surface area contributed by atoms with Crippen molar-refractivity contribution in [2.24, 2.45) is 0 Å². The smallest absolute Gasteiger partial charge is 0.416 e. The highest BCUT2D eigenvalue weighted by Gasteiger charge is 2.38. The maximum Gasteiger partial charge on any atom is 0.416 e. The summed E-state index contributed by atoms with van der Waals surface area (Å²) in [6.07, 6.45) is -0.666. The lowest BCUT2D eigenvalue weighted by Gasteiger charge is -2.16. The van der Waals surface area contributed by atoms with Gasteiger partial charge >= 0.3 is 6.18 Å². The number of benzene rings is 3. The number of halogens is 3. The number of nitrogens with zero attached hydrogens (tertiary/aromatic N) is 1. The van der Waals surface area contributed by atoms with Crippen molar-refractivity contribution < 1.29 is 17.9 Å². The van der Waals surface area contributed by atoms with E-state index in [-0.39, 0.29) is 0 Å². The Hall–Kier alpha value is -2.83. The number of likely N-dealkylation sites (tertiary alicyclic amines) is 1. The first kappa shape index (κ1) is 23.9. The topological polar surface area (TPSA) is 24.5 Å². The fourth-order valence-corrected chi connectivity index (χ4v) is 4.91. The molecule has 0 radical (unpaired) electrons. The molecule has 1 aliphatic heterocycles. The molecule has 2 aliphatic rings. The second-order valence-electron chi connectivity index (χ2n) is 9.56. The van der Waals surface area contributed by atoms with E-state index in [1.165, 1.54) is 43.6 Å². The summed E-state index contributed by atoms with van der Waals surface area (Å²) >= 11 is 0. The zero-order chi connectivity index (χ0) is 24.3. The Bertz CT molecular complexity index is 1110. The van der Waals surface area contributed by atoms with E-state index >= 15 is 0 Å². The van der Waals surface area contributed by atoms with Gasteiger partial charge in [-0.15, -0.1) is 0 Å². The van der Waals surface area contributed by atoms with Crippen LogP contribution in [-0.2, 0) is 12.8 Å². The normalized spacial score (nSPS) is 20.2. The molecule has 1 saturated carbocycles. The molecular weight excluding hydrogens is 449 g/mol. The van der Waals surface area contributed by atoms with Crippen LogP contribution in [0.2, 0.25) is 0 Å². The maximum atomic E-state index is 13.1. The molecule has 35 heavy (non-hydrogen) atoms. The SMILES string of the molecule is FC(F)(F)c1ccc(-c2cc(C3C[C@@H]3NCCN3CCCC3)ccc2OCc2ccccc2)cc1. The molecule has 3 nitrogen and oxygen atoms in total. The Morgan fingerprint density at radius 2 is 1.66 bits per heavy atom. The van der Waals surface area contributed by atoms with Crippen molar-refractivity contribution in [1.82, 2.24) is 10.2 Å². The summed E-state index contributed by atoms with van der Waals surface area (Å²) in [6, 6.07) is 21.8. The summed E-state index contributed by atoms with van der Waals surface area (Å²) in [4.78, 5) is 2.51. The van der Waals surface area contributed by atoms with Crippen molar-refractivity contribution in [3.8, 4) is 16.9 Å². The number of rotatable bonds is 9.